The van der Waals surface area contributed by atoms with Crippen LogP contribution >= 0.6 is 0 Å². The first-order valence-electron chi connectivity index (χ1n) is 11.3. The molecule has 160 valence electrons. The molecular weight excluding hydrogens is 374 g/mol. The van der Waals surface area contributed by atoms with Crippen molar-refractivity contribution >= 4 is 11.7 Å². The molecule has 2 aliphatic rings. The fourth-order valence-corrected chi connectivity index (χ4v) is 4.70. The highest BCUT2D eigenvalue weighted by molar-refractivity contribution is 5.84. The minimum Gasteiger partial charge on any atom is -0.354 e. The third-order valence-electron chi connectivity index (χ3n) is 6.49. The number of piperazine rings is 1. The summed E-state index contributed by atoms with van der Waals surface area (Å²) in [7, 11) is 0. The summed E-state index contributed by atoms with van der Waals surface area (Å²) in [5, 5.41) is 0. The van der Waals surface area contributed by atoms with Gasteiger partial charge in [0.2, 0.25) is 5.91 Å². The molecule has 3 heterocycles. The van der Waals surface area contributed by atoms with Gasteiger partial charge in [0.1, 0.15) is 11.6 Å². The van der Waals surface area contributed by atoms with Gasteiger partial charge in [-0.3, -0.25) is 4.79 Å². The van der Waals surface area contributed by atoms with Crippen LogP contribution in [0.2, 0.25) is 0 Å². The molecule has 1 fully saturated rings. The summed E-state index contributed by atoms with van der Waals surface area (Å²) < 4.78 is 0. The molecular formula is C24H33N5O. The molecule has 1 aromatic carbocycles. The number of fused-ring (bicyclic) bond motifs is 1. The first kappa shape index (κ1) is 20.8. The Balaban J connectivity index is 1.57. The molecule has 1 aromatic heterocycles. The number of aryl methyl sites for hydroxylation is 1. The van der Waals surface area contributed by atoms with Crippen LogP contribution in [0.25, 0.3) is 0 Å². The third kappa shape index (κ3) is 4.19. The number of carbonyl (C=O) groups excluding carboxylic acids is 1. The second kappa shape index (κ2) is 9.13. The van der Waals surface area contributed by atoms with Crippen molar-refractivity contribution in [2.75, 3.05) is 44.2 Å². The standard InChI is InChI=1S/C24H33N5O/c1-4-20(19-9-7-6-8-10-19)24(30)29-12-11-22-21(17-29)23(26-18(3)25-22)28-15-13-27(5-2)14-16-28/h6-10,20H,4-5,11-17H2,1-3H3. The van der Waals surface area contributed by atoms with E-state index in [0.29, 0.717) is 6.54 Å². The van der Waals surface area contributed by atoms with E-state index in [4.69, 9.17) is 9.97 Å². The van der Waals surface area contributed by atoms with Crippen molar-refractivity contribution in [3.05, 3.63) is 53.0 Å². The van der Waals surface area contributed by atoms with Gasteiger partial charge in [0.05, 0.1) is 18.2 Å². The van der Waals surface area contributed by atoms with Crippen LogP contribution in [-0.4, -0.2) is 64.9 Å². The molecule has 2 aliphatic heterocycles. The Morgan fingerprint density at radius 2 is 1.77 bits per heavy atom. The Morgan fingerprint density at radius 3 is 2.43 bits per heavy atom. The molecule has 30 heavy (non-hydrogen) atoms. The number of aromatic nitrogens is 2. The summed E-state index contributed by atoms with van der Waals surface area (Å²) >= 11 is 0. The van der Waals surface area contributed by atoms with Gasteiger partial charge in [-0.1, -0.05) is 44.2 Å². The zero-order valence-corrected chi connectivity index (χ0v) is 18.5. The topological polar surface area (TPSA) is 52.6 Å². The number of amides is 1. The van der Waals surface area contributed by atoms with Crippen LogP contribution in [0.1, 0.15) is 48.8 Å². The lowest BCUT2D eigenvalue weighted by Gasteiger charge is -2.38. The summed E-state index contributed by atoms with van der Waals surface area (Å²) in [5.74, 6) is 2.00. The highest BCUT2D eigenvalue weighted by Crippen LogP contribution is 2.30. The summed E-state index contributed by atoms with van der Waals surface area (Å²) in [5.41, 5.74) is 3.37. The summed E-state index contributed by atoms with van der Waals surface area (Å²) in [6.07, 6.45) is 1.61. The van der Waals surface area contributed by atoms with Crippen LogP contribution in [0.4, 0.5) is 5.82 Å². The predicted octanol–water partition coefficient (Wildman–Crippen LogP) is 3.01. The van der Waals surface area contributed by atoms with Crippen LogP contribution in [0.15, 0.2) is 30.3 Å². The van der Waals surface area contributed by atoms with E-state index in [1.807, 2.05) is 30.0 Å². The molecule has 0 aliphatic carbocycles. The minimum absolute atomic E-state index is 0.0873. The highest BCUT2D eigenvalue weighted by Gasteiger charge is 2.31. The molecule has 1 unspecified atom stereocenters. The van der Waals surface area contributed by atoms with Gasteiger partial charge in [0.15, 0.2) is 0 Å². The third-order valence-corrected chi connectivity index (χ3v) is 6.49. The maximum atomic E-state index is 13.4. The number of carbonyl (C=O) groups is 1. The second-order valence-electron chi connectivity index (χ2n) is 8.32. The second-order valence-corrected chi connectivity index (χ2v) is 8.32. The molecule has 4 rings (SSSR count). The lowest BCUT2D eigenvalue weighted by Crippen LogP contribution is -2.47. The Kier molecular flexibility index (Phi) is 6.32. The van der Waals surface area contributed by atoms with Gasteiger partial charge >= 0.3 is 0 Å². The van der Waals surface area contributed by atoms with Crippen molar-refractivity contribution in [3.8, 4) is 0 Å². The predicted molar refractivity (Wildman–Crippen MR) is 120 cm³/mol. The number of anilines is 1. The van der Waals surface area contributed by atoms with Crippen molar-refractivity contribution in [1.29, 1.82) is 0 Å². The fraction of sp³-hybridized carbons (Fsp3) is 0.542. The molecule has 0 spiro atoms. The molecule has 1 saturated heterocycles. The first-order chi connectivity index (χ1) is 14.6. The van der Waals surface area contributed by atoms with Gasteiger partial charge in [-0.05, 0) is 25.5 Å². The number of hydrogen-bond donors (Lipinski definition) is 0. The van der Waals surface area contributed by atoms with Crippen molar-refractivity contribution in [1.82, 2.24) is 19.8 Å². The lowest BCUT2D eigenvalue weighted by atomic mass is 9.93. The van der Waals surface area contributed by atoms with Crippen LogP contribution in [0, 0.1) is 6.92 Å². The van der Waals surface area contributed by atoms with Gasteiger partial charge in [-0.25, -0.2) is 9.97 Å². The van der Waals surface area contributed by atoms with Gasteiger partial charge < -0.3 is 14.7 Å². The molecule has 0 radical (unpaired) electrons. The quantitative estimate of drug-likeness (QED) is 0.763. The molecule has 6 heteroatoms. The highest BCUT2D eigenvalue weighted by atomic mass is 16.2. The van der Waals surface area contributed by atoms with Crippen LogP contribution < -0.4 is 4.90 Å². The summed E-state index contributed by atoms with van der Waals surface area (Å²) in [4.78, 5) is 29.9. The number of nitrogens with zero attached hydrogens (tertiary/aromatic N) is 5. The van der Waals surface area contributed by atoms with Gasteiger partial charge in [0, 0.05) is 44.7 Å². The number of likely N-dealkylation sites (N-methyl/N-ethyl adjacent to an activating group) is 1. The number of rotatable bonds is 5. The molecule has 0 bridgehead atoms. The van der Waals surface area contributed by atoms with Crippen LogP contribution in [-0.2, 0) is 17.8 Å². The number of hydrogen-bond acceptors (Lipinski definition) is 5. The van der Waals surface area contributed by atoms with E-state index >= 15 is 0 Å². The maximum Gasteiger partial charge on any atom is 0.230 e. The monoisotopic (exact) mass is 407 g/mol. The van der Waals surface area contributed by atoms with Crippen molar-refractivity contribution in [2.24, 2.45) is 0 Å². The molecule has 1 amide bonds. The smallest absolute Gasteiger partial charge is 0.230 e. The molecule has 6 nitrogen and oxygen atoms in total. The van der Waals surface area contributed by atoms with Crippen LogP contribution in [0.5, 0.6) is 0 Å². The van der Waals surface area contributed by atoms with Crippen molar-refractivity contribution < 1.29 is 4.79 Å². The average Bonchev–Trinajstić information content (AvgIpc) is 2.79. The molecule has 0 saturated carbocycles. The zero-order chi connectivity index (χ0) is 21.1. The van der Waals surface area contributed by atoms with E-state index in [9.17, 15) is 4.79 Å². The summed E-state index contributed by atoms with van der Waals surface area (Å²) in [6, 6.07) is 10.2. The zero-order valence-electron chi connectivity index (χ0n) is 18.5. The van der Waals surface area contributed by atoms with E-state index in [1.54, 1.807) is 0 Å². The Hall–Kier alpha value is -2.47. The Bertz CT molecular complexity index is 877. The Morgan fingerprint density at radius 1 is 1.03 bits per heavy atom. The van der Waals surface area contributed by atoms with Crippen molar-refractivity contribution in [2.45, 2.75) is 46.1 Å². The Labute approximate surface area is 179 Å². The van der Waals surface area contributed by atoms with Gasteiger partial charge in [-0.15, -0.1) is 0 Å². The number of benzene rings is 1. The van der Waals surface area contributed by atoms with E-state index < -0.39 is 0 Å². The largest absolute Gasteiger partial charge is 0.354 e. The van der Waals surface area contributed by atoms with E-state index in [2.05, 4.69) is 35.8 Å². The SMILES string of the molecule is CCC(C(=O)N1CCc2nc(C)nc(N3CCN(CC)CC3)c2C1)c1ccccc1. The average molecular weight is 408 g/mol. The maximum absolute atomic E-state index is 13.4. The van der Waals surface area contributed by atoms with Crippen LogP contribution in [0.3, 0.4) is 0 Å². The molecule has 2 aromatic rings. The van der Waals surface area contributed by atoms with Gasteiger partial charge in [0.25, 0.3) is 0 Å². The van der Waals surface area contributed by atoms with E-state index in [1.165, 1.54) is 0 Å². The van der Waals surface area contributed by atoms with E-state index in [-0.39, 0.29) is 11.8 Å². The van der Waals surface area contributed by atoms with Gasteiger partial charge in [-0.2, -0.15) is 0 Å². The molecule has 0 N–H and O–H groups in total. The lowest BCUT2D eigenvalue weighted by molar-refractivity contribution is -0.133. The van der Waals surface area contributed by atoms with Crippen molar-refractivity contribution in [3.63, 3.8) is 0 Å². The van der Waals surface area contributed by atoms with E-state index in [0.717, 1.165) is 80.6 Å². The normalized spacial score (nSPS) is 18.2. The fourth-order valence-electron chi connectivity index (χ4n) is 4.70. The first-order valence-corrected chi connectivity index (χ1v) is 11.3. The summed E-state index contributed by atoms with van der Waals surface area (Å²) in [6.45, 7) is 12.8. The molecule has 1 atom stereocenters. The minimum atomic E-state index is -0.0873.